The lowest BCUT2D eigenvalue weighted by atomic mass is 10.0. The van der Waals surface area contributed by atoms with Crippen LogP contribution in [0.25, 0.3) is 0 Å². The highest BCUT2D eigenvalue weighted by Gasteiger charge is 2.43. The molecule has 2 aromatic rings. The first-order chi connectivity index (χ1) is 25.8. The molecule has 13 nitrogen and oxygen atoms in total. The van der Waals surface area contributed by atoms with Gasteiger partial charge in [0.2, 0.25) is 0 Å². The van der Waals surface area contributed by atoms with Gasteiger partial charge in [0.05, 0.1) is 30.4 Å². The maximum atomic E-state index is 12.3. The van der Waals surface area contributed by atoms with Crippen LogP contribution in [-0.4, -0.2) is 123 Å². The Hall–Kier alpha value is -3.91. The monoisotopic (exact) mass is 804 g/mol. The molecule has 2 aromatic carbocycles. The molecule has 4 aliphatic rings. The lowest BCUT2D eigenvalue weighted by Gasteiger charge is -2.26. The van der Waals surface area contributed by atoms with Crippen molar-refractivity contribution in [2.24, 2.45) is 23.7 Å². The first-order valence-electron chi connectivity index (χ1n) is 18.4. The largest absolute Gasteiger partial charge is 0.465 e. The van der Waals surface area contributed by atoms with Gasteiger partial charge >= 0.3 is 24.1 Å². The molecule has 6 rings (SSSR count). The third-order valence-electron chi connectivity index (χ3n) is 9.67. The molecule has 4 heterocycles. The first-order valence-corrected chi connectivity index (χ1v) is 19.1. The van der Waals surface area contributed by atoms with E-state index in [0.29, 0.717) is 51.7 Å². The Morgan fingerprint density at radius 1 is 0.691 bits per heavy atom. The van der Waals surface area contributed by atoms with Crippen LogP contribution in [0.4, 0.5) is 9.59 Å². The van der Waals surface area contributed by atoms with E-state index >= 15 is 0 Å². The molecule has 55 heavy (non-hydrogen) atoms. The molecule has 0 saturated carbocycles. The summed E-state index contributed by atoms with van der Waals surface area (Å²) in [5.41, 5.74) is 1.29. The summed E-state index contributed by atoms with van der Waals surface area (Å²) < 4.78 is 20.0. The number of halogens is 2. The van der Waals surface area contributed by atoms with Gasteiger partial charge < -0.3 is 34.1 Å². The first kappa shape index (κ1) is 43.8. The minimum Gasteiger partial charge on any atom is -0.465 e. The maximum absolute atomic E-state index is 12.3. The quantitative estimate of drug-likeness (QED) is 0.203. The molecule has 15 heteroatoms. The van der Waals surface area contributed by atoms with Crippen molar-refractivity contribution < 1.29 is 42.9 Å². The number of carbonyl (C=O) groups is 5. The van der Waals surface area contributed by atoms with E-state index in [9.17, 15) is 24.0 Å². The predicted molar refractivity (Wildman–Crippen MR) is 209 cm³/mol. The summed E-state index contributed by atoms with van der Waals surface area (Å²) in [5.74, 6) is 1.34. The Bertz CT molecular complexity index is 1680. The Balaban J connectivity index is 0.000000202. The number of fused-ring (bicyclic) bond motifs is 2. The molecular formula is C40H54Cl2N4O9. The molecule has 0 radical (unpaired) electrons. The van der Waals surface area contributed by atoms with Gasteiger partial charge in [0.15, 0.2) is 6.29 Å². The summed E-state index contributed by atoms with van der Waals surface area (Å²) in [6, 6.07) is 9.65. The number of nitrogens with one attached hydrogen (secondary N) is 1. The summed E-state index contributed by atoms with van der Waals surface area (Å²) >= 11 is 12.0. The van der Waals surface area contributed by atoms with Crippen LogP contribution in [0.1, 0.15) is 78.2 Å². The average Bonchev–Trinajstić information content (AvgIpc) is 3.89. The third kappa shape index (κ3) is 12.5. The second kappa shape index (κ2) is 18.8. The number of amides is 2. The van der Waals surface area contributed by atoms with E-state index in [1.807, 2.05) is 57.4 Å². The van der Waals surface area contributed by atoms with Gasteiger partial charge in [-0.3, -0.25) is 9.69 Å². The maximum Gasteiger partial charge on any atom is 0.410 e. The van der Waals surface area contributed by atoms with Crippen LogP contribution in [0.15, 0.2) is 36.4 Å². The van der Waals surface area contributed by atoms with Gasteiger partial charge in [-0.25, -0.2) is 19.2 Å². The molecule has 0 spiro atoms. The highest BCUT2D eigenvalue weighted by molar-refractivity contribution is 6.33. The fourth-order valence-electron chi connectivity index (χ4n) is 7.05. The average molecular weight is 806 g/mol. The van der Waals surface area contributed by atoms with E-state index in [1.165, 1.54) is 32.4 Å². The molecule has 2 amide bonds. The lowest BCUT2D eigenvalue weighted by molar-refractivity contribution is 0.0267. The molecule has 1 N–H and O–H groups in total. The van der Waals surface area contributed by atoms with Crippen molar-refractivity contribution in [1.82, 2.24) is 20.0 Å². The van der Waals surface area contributed by atoms with Crippen molar-refractivity contribution in [2.45, 2.75) is 59.3 Å². The van der Waals surface area contributed by atoms with Crippen molar-refractivity contribution in [3.63, 3.8) is 0 Å². The van der Waals surface area contributed by atoms with Crippen LogP contribution in [0.3, 0.4) is 0 Å². The number of esters is 2. The van der Waals surface area contributed by atoms with Crippen LogP contribution in [0, 0.1) is 23.7 Å². The highest BCUT2D eigenvalue weighted by Crippen LogP contribution is 2.34. The molecule has 0 aliphatic carbocycles. The molecule has 4 saturated heterocycles. The van der Waals surface area contributed by atoms with Crippen LogP contribution >= 0.6 is 23.2 Å². The summed E-state index contributed by atoms with van der Waals surface area (Å²) in [7, 11) is 2.64. The van der Waals surface area contributed by atoms with Crippen molar-refractivity contribution in [2.75, 3.05) is 66.6 Å². The van der Waals surface area contributed by atoms with Crippen molar-refractivity contribution in [1.29, 1.82) is 0 Å². The molecule has 4 unspecified atom stereocenters. The summed E-state index contributed by atoms with van der Waals surface area (Å²) in [6.45, 7) is 19.3. The van der Waals surface area contributed by atoms with Gasteiger partial charge in [0, 0.05) is 69.5 Å². The van der Waals surface area contributed by atoms with Crippen LogP contribution in [0.5, 0.6) is 0 Å². The van der Waals surface area contributed by atoms with Gasteiger partial charge in [-0.15, -0.1) is 0 Å². The number of hydrogen-bond donors (Lipinski definition) is 1. The van der Waals surface area contributed by atoms with E-state index in [-0.39, 0.29) is 28.8 Å². The molecule has 0 aromatic heterocycles. The summed E-state index contributed by atoms with van der Waals surface area (Å²) in [6.07, 6.45) is 0.255. The second-order valence-corrected chi connectivity index (χ2v) is 17.1. The van der Waals surface area contributed by atoms with Gasteiger partial charge in [-0.05, 0) is 101 Å². The van der Waals surface area contributed by atoms with E-state index in [0.717, 1.165) is 64.5 Å². The highest BCUT2D eigenvalue weighted by atomic mass is 35.5. The lowest BCUT2D eigenvalue weighted by Crippen LogP contribution is -2.37. The van der Waals surface area contributed by atoms with Crippen molar-refractivity contribution in [3.8, 4) is 0 Å². The Kier molecular flexibility index (Phi) is 15.0. The molecule has 0 bridgehead atoms. The van der Waals surface area contributed by atoms with E-state index < -0.39 is 11.6 Å². The number of benzene rings is 2. The zero-order valence-electron chi connectivity index (χ0n) is 33.0. The number of nitrogens with zero attached hydrogens (tertiary/aromatic N) is 3. The Morgan fingerprint density at radius 3 is 1.53 bits per heavy atom. The normalized spacial score (nSPS) is 21.6. The number of hydrogen-bond acceptors (Lipinski definition) is 11. The summed E-state index contributed by atoms with van der Waals surface area (Å²) in [5, 5.41) is 4.18. The number of ether oxygens (including phenoxy) is 4. The fraction of sp³-hybridized carbons (Fsp3) is 0.575. The second-order valence-electron chi connectivity index (χ2n) is 16.3. The van der Waals surface area contributed by atoms with Gasteiger partial charge in [0.1, 0.15) is 11.2 Å². The predicted octanol–water partition coefficient (Wildman–Crippen LogP) is 6.44. The molecule has 4 fully saturated rings. The standard InChI is InChI=1S/C20H27ClN2O4.C11H20N2O2.C9H7ClO3/c1-20(2,3)27-19(25)23-11-15-9-22(10-16(15)12-23)8-14-6-5-13(7-17(14)21)18(24)26-4;1-11(2,3)15-10(14)13-6-8-4-12-5-9(8)7-13;1-13-9(12)6-2-3-7(5-11)8(10)4-6/h5-7,15-16H,8-12H2,1-4H3;8-9,12H,4-7H2,1-3H3;2-5H,1H3. The number of rotatable bonds is 5. The van der Waals surface area contributed by atoms with Gasteiger partial charge in [-0.1, -0.05) is 29.3 Å². The van der Waals surface area contributed by atoms with E-state index in [2.05, 4.69) is 15.0 Å². The molecular weight excluding hydrogens is 751 g/mol. The topological polar surface area (TPSA) is 144 Å². The molecule has 302 valence electrons. The van der Waals surface area contributed by atoms with Gasteiger partial charge in [0.25, 0.3) is 0 Å². The van der Waals surface area contributed by atoms with Gasteiger partial charge in [-0.2, -0.15) is 0 Å². The smallest absolute Gasteiger partial charge is 0.410 e. The number of likely N-dealkylation sites (tertiary alicyclic amines) is 3. The van der Waals surface area contributed by atoms with Crippen LogP contribution < -0.4 is 5.32 Å². The van der Waals surface area contributed by atoms with Crippen molar-refractivity contribution in [3.05, 3.63) is 68.7 Å². The zero-order chi connectivity index (χ0) is 40.7. The number of methoxy groups -OCH3 is 2. The summed E-state index contributed by atoms with van der Waals surface area (Å²) in [4.78, 5) is 63.0. The SMILES string of the molecule is CC(C)(C)OC(=O)N1CC2CNCC2C1.COC(=O)c1ccc(C=O)c(Cl)c1.COC(=O)c1ccc(CN2CC3CN(C(=O)OC(C)(C)C)CC3C2)c(Cl)c1. The zero-order valence-corrected chi connectivity index (χ0v) is 34.5. The van der Waals surface area contributed by atoms with E-state index in [1.54, 1.807) is 12.1 Å². The minimum atomic E-state index is -0.473. The van der Waals surface area contributed by atoms with E-state index in [4.69, 9.17) is 37.4 Å². The minimum absolute atomic E-state index is 0.156. The number of aldehydes is 1. The Labute approximate surface area is 333 Å². The fourth-order valence-corrected chi connectivity index (χ4v) is 7.52. The van der Waals surface area contributed by atoms with Crippen molar-refractivity contribution >= 4 is 53.6 Å². The number of carbonyl (C=O) groups excluding carboxylic acids is 5. The Morgan fingerprint density at radius 2 is 1.13 bits per heavy atom. The molecule has 4 aliphatic heterocycles. The van der Waals surface area contributed by atoms with Crippen LogP contribution in [0.2, 0.25) is 10.0 Å². The molecule has 4 atom stereocenters. The van der Waals surface area contributed by atoms with Crippen LogP contribution in [-0.2, 0) is 25.5 Å². The third-order valence-corrected chi connectivity index (χ3v) is 10.4.